The standard InChI is InChI=1S/C30H41FN4O8/c1-16(32-35(27(39)42-29(2,3)4)28(40)43-30(5,6)7)17-11-12-33(14-17)23-21(31)13-19-22(25(23)41-8)34(18-9-10-18)15-20(24(19)36)26(37)38/h13,15-18,32H,9-12,14H2,1-8H3,(H,37,38). The van der Waals surface area contributed by atoms with E-state index in [1.165, 1.54) is 13.3 Å². The lowest BCUT2D eigenvalue weighted by molar-refractivity contribution is -0.0144. The number of carboxylic acid groups (broad SMARTS) is 1. The summed E-state index contributed by atoms with van der Waals surface area (Å²) in [4.78, 5) is 52.5. The molecule has 2 aliphatic rings. The number of carboxylic acids is 1. The summed E-state index contributed by atoms with van der Waals surface area (Å²) in [5.41, 5.74) is 0.543. The average Bonchev–Trinajstić information content (AvgIpc) is 3.60. The molecule has 13 heteroatoms. The van der Waals surface area contributed by atoms with Gasteiger partial charge in [0, 0.05) is 31.4 Å². The number of aromatic carboxylic acids is 1. The highest BCUT2D eigenvalue weighted by Gasteiger charge is 2.38. The van der Waals surface area contributed by atoms with E-state index < -0.39 is 52.2 Å². The van der Waals surface area contributed by atoms with Crippen LogP contribution in [-0.2, 0) is 9.47 Å². The number of amides is 2. The van der Waals surface area contributed by atoms with Crippen molar-refractivity contribution in [3.63, 3.8) is 0 Å². The van der Waals surface area contributed by atoms with Crippen molar-refractivity contribution >= 4 is 34.7 Å². The van der Waals surface area contributed by atoms with Crippen molar-refractivity contribution in [3.05, 3.63) is 33.9 Å². The molecule has 2 N–H and O–H groups in total. The zero-order chi connectivity index (χ0) is 32.0. The quantitative estimate of drug-likeness (QED) is 0.412. The number of hydrogen-bond donors (Lipinski definition) is 2. The molecule has 1 saturated heterocycles. The second-order valence-electron chi connectivity index (χ2n) is 13.2. The van der Waals surface area contributed by atoms with Gasteiger partial charge < -0.3 is 28.8 Å². The van der Waals surface area contributed by atoms with Crippen LogP contribution in [0.5, 0.6) is 5.75 Å². The Kier molecular flexibility index (Phi) is 8.70. The summed E-state index contributed by atoms with van der Waals surface area (Å²) >= 11 is 0. The van der Waals surface area contributed by atoms with E-state index in [1.807, 2.05) is 6.92 Å². The maximum atomic E-state index is 15.8. The van der Waals surface area contributed by atoms with Gasteiger partial charge in [-0.25, -0.2) is 24.2 Å². The third kappa shape index (κ3) is 7.03. The maximum absolute atomic E-state index is 15.8. The number of carbonyl (C=O) groups is 3. The average molecular weight is 605 g/mol. The van der Waals surface area contributed by atoms with Crippen LogP contribution in [0.15, 0.2) is 17.1 Å². The fraction of sp³-hybridized carbons (Fsp3) is 0.600. The number of hydrogen-bond acceptors (Lipinski definition) is 9. The van der Waals surface area contributed by atoms with Crippen molar-refractivity contribution in [2.24, 2.45) is 5.92 Å². The largest absolute Gasteiger partial charge is 0.492 e. The van der Waals surface area contributed by atoms with Crippen LogP contribution in [-0.4, -0.2) is 70.3 Å². The Hall–Kier alpha value is -3.87. The molecular formula is C30H41FN4O8. The number of fused-ring (bicyclic) bond motifs is 1. The first-order valence-electron chi connectivity index (χ1n) is 14.4. The van der Waals surface area contributed by atoms with Crippen LogP contribution in [0.2, 0.25) is 0 Å². The molecule has 2 heterocycles. The monoisotopic (exact) mass is 604 g/mol. The second-order valence-corrected chi connectivity index (χ2v) is 13.2. The molecule has 0 radical (unpaired) electrons. The minimum absolute atomic E-state index is 0.0179. The third-order valence-electron chi connectivity index (χ3n) is 7.31. The number of aromatic nitrogens is 1. The molecule has 2 aromatic rings. The number of pyridine rings is 1. The van der Waals surface area contributed by atoms with Crippen molar-refractivity contribution in [2.75, 3.05) is 25.1 Å². The first-order valence-corrected chi connectivity index (χ1v) is 14.4. The van der Waals surface area contributed by atoms with Gasteiger partial charge in [-0.15, -0.1) is 5.01 Å². The van der Waals surface area contributed by atoms with Gasteiger partial charge in [-0.2, -0.15) is 0 Å². The number of imide groups is 1. The molecule has 2 fully saturated rings. The van der Waals surface area contributed by atoms with Gasteiger partial charge in [0.25, 0.3) is 0 Å². The number of rotatable bonds is 7. The molecule has 0 spiro atoms. The predicted octanol–water partition coefficient (Wildman–Crippen LogP) is 5.07. The van der Waals surface area contributed by atoms with E-state index in [4.69, 9.17) is 14.2 Å². The van der Waals surface area contributed by atoms with Gasteiger partial charge in [0.1, 0.15) is 22.5 Å². The van der Waals surface area contributed by atoms with Gasteiger partial charge in [-0.3, -0.25) is 4.79 Å². The minimum Gasteiger partial charge on any atom is -0.492 e. The SMILES string of the molecule is COc1c(N2CCC(C(C)NN(C(=O)OC(C)(C)C)C(=O)OC(C)(C)C)C2)c(F)cc2c(=O)c(C(=O)O)cn(C3CC3)c12. The normalized spacial score (nSPS) is 18.0. The van der Waals surface area contributed by atoms with E-state index in [1.54, 1.807) is 51.0 Å². The Morgan fingerprint density at radius 1 is 1.07 bits per heavy atom. The van der Waals surface area contributed by atoms with E-state index >= 15 is 4.39 Å². The number of methoxy groups -OCH3 is 1. The molecule has 1 aromatic carbocycles. The number of ether oxygens (including phenoxy) is 3. The number of hydrazine groups is 1. The van der Waals surface area contributed by atoms with Gasteiger partial charge in [-0.05, 0) is 79.7 Å². The Bertz CT molecular complexity index is 1460. The number of carbonyl (C=O) groups excluding carboxylic acids is 2. The lowest BCUT2D eigenvalue weighted by Gasteiger charge is -2.32. The van der Waals surface area contributed by atoms with Crippen LogP contribution in [0.3, 0.4) is 0 Å². The highest BCUT2D eigenvalue weighted by molar-refractivity contribution is 5.97. The van der Waals surface area contributed by atoms with E-state index in [9.17, 15) is 24.3 Å². The maximum Gasteiger partial charge on any atom is 0.434 e. The zero-order valence-corrected chi connectivity index (χ0v) is 25.9. The molecule has 4 rings (SSSR count). The highest BCUT2D eigenvalue weighted by atomic mass is 19.1. The lowest BCUT2D eigenvalue weighted by atomic mass is 10.0. The Morgan fingerprint density at radius 2 is 1.65 bits per heavy atom. The van der Waals surface area contributed by atoms with Gasteiger partial charge >= 0.3 is 18.2 Å². The summed E-state index contributed by atoms with van der Waals surface area (Å²) < 4.78 is 34.1. The Morgan fingerprint density at radius 3 is 2.14 bits per heavy atom. The summed E-state index contributed by atoms with van der Waals surface area (Å²) in [7, 11) is 1.39. The first kappa shape index (κ1) is 32.1. The number of nitrogens with zero attached hydrogens (tertiary/aromatic N) is 3. The van der Waals surface area contributed by atoms with Gasteiger partial charge in [0.05, 0.1) is 18.0 Å². The number of nitrogens with one attached hydrogen (secondary N) is 1. The third-order valence-corrected chi connectivity index (χ3v) is 7.31. The lowest BCUT2D eigenvalue weighted by Crippen LogP contribution is -2.55. The first-order chi connectivity index (χ1) is 19.9. The van der Waals surface area contributed by atoms with Crippen molar-refractivity contribution in [1.29, 1.82) is 0 Å². The van der Waals surface area contributed by atoms with E-state index in [0.717, 1.165) is 23.9 Å². The number of halogens is 1. The van der Waals surface area contributed by atoms with Crippen LogP contribution in [0.4, 0.5) is 19.7 Å². The van der Waals surface area contributed by atoms with Crippen LogP contribution < -0.4 is 20.5 Å². The van der Waals surface area contributed by atoms with Crippen LogP contribution >= 0.6 is 0 Å². The number of benzene rings is 1. The Balaban J connectivity index is 1.64. The molecule has 2 unspecified atom stereocenters. The zero-order valence-electron chi connectivity index (χ0n) is 25.9. The molecule has 0 bridgehead atoms. The molecule has 1 aliphatic heterocycles. The molecule has 12 nitrogen and oxygen atoms in total. The van der Waals surface area contributed by atoms with Crippen LogP contribution in [0, 0.1) is 11.7 Å². The van der Waals surface area contributed by atoms with E-state index in [-0.39, 0.29) is 28.8 Å². The second kappa shape index (κ2) is 11.7. The molecule has 236 valence electrons. The fourth-order valence-electron chi connectivity index (χ4n) is 5.23. The van der Waals surface area contributed by atoms with Crippen molar-refractivity contribution < 1.29 is 38.1 Å². The van der Waals surface area contributed by atoms with Crippen molar-refractivity contribution in [3.8, 4) is 5.75 Å². The molecule has 2 amide bonds. The van der Waals surface area contributed by atoms with Crippen LogP contribution in [0.25, 0.3) is 10.9 Å². The van der Waals surface area contributed by atoms with Crippen molar-refractivity contribution in [2.45, 2.75) is 91.0 Å². The van der Waals surface area contributed by atoms with Crippen LogP contribution in [0.1, 0.15) is 84.1 Å². The van der Waals surface area contributed by atoms with Gasteiger partial charge in [0.15, 0.2) is 11.6 Å². The minimum atomic E-state index is -1.37. The summed E-state index contributed by atoms with van der Waals surface area (Å²) in [5, 5.41) is 10.3. The molecule has 1 saturated carbocycles. The van der Waals surface area contributed by atoms with E-state index in [2.05, 4.69) is 5.43 Å². The molecule has 2 atom stereocenters. The smallest absolute Gasteiger partial charge is 0.434 e. The number of anilines is 1. The molecule has 1 aliphatic carbocycles. The summed E-state index contributed by atoms with van der Waals surface area (Å²) in [6.07, 6.45) is 1.67. The van der Waals surface area contributed by atoms with Gasteiger partial charge in [-0.1, -0.05) is 0 Å². The fourth-order valence-corrected chi connectivity index (χ4v) is 5.23. The highest BCUT2D eigenvalue weighted by Crippen LogP contribution is 2.44. The predicted molar refractivity (Wildman–Crippen MR) is 157 cm³/mol. The molecule has 43 heavy (non-hydrogen) atoms. The summed E-state index contributed by atoms with van der Waals surface area (Å²) in [5.74, 6) is -2.08. The Labute approximate surface area is 249 Å². The molecule has 1 aromatic heterocycles. The van der Waals surface area contributed by atoms with Crippen molar-refractivity contribution in [1.82, 2.24) is 15.0 Å². The van der Waals surface area contributed by atoms with Gasteiger partial charge in [0.2, 0.25) is 5.43 Å². The topological polar surface area (TPSA) is 140 Å². The molecular weight excluding hydrogens is 563 g/mol. The van der Waals surface area contributed by atoms with E-state index in [0.29, 0.717) is 25.0 Å². The summed E-state index contributed by atoms with van der Waals surface area (Å²) in [6.45, 7) is 12.7. The summed E-state index contributed by atoms with van der Waals surface area (Å²) in [6, 6.07) is 0.626.